The lowest BCUT2D eigenvalue weighted by Gasteiger charge is -2.27. The molecule has 0 bridgehead atoms. The first kappa shape index (κ1) is 14.6. The van der Waals surface area contributed by atoms with Crippen LogP contribution in [0.2, 0.25) is 0 Å². The predicted octanol–water partition coefficient (Wildman–Crippen LogP) is 2.82. The molecule has 0 aromatic rings. The summed E-state index contributed by atoms with van der Waals surface area (Å²) < 4.78 is 0. The van der Waals surface area contributed by atoms with E-state index in [9.17, 15) is 0 Å². The Hall–Kier alpha value is -0.410. The fraction of sp³-hybridized carbons (Fsp3) is 0.917. The topological polar surface area (TPSA) is 41.6 Å². The lowest BCUT2D eigenvalue weighted by atomic mass is 10.0. The number of hydrogen-bond acceptors (Lipinski definition) is 3. The minimum atomic E-state index is 0.396. The molecule has 0 saturated heterocycles. The molecule has 0 fully saturated rings. The SMILES string of the molecule is CCCC(C)=NCN(N)C(C)C(C)CC. The minimum Gasteiger partial charge on any atom is -0.278 e. The van der Waals surface area contributed by atoms with E-state index in [1.165, 1.54) is 5.71 Å². The van der Waals surface area contributed by atoms with E-state index < -0.39 is 0 Å². The van der Waals surface area contributed by atoms with Crippen LogP contribution >= 0.6 is 0 Å². The van der Waals surface area contributed by atoms with Crippen LogP contribution in [0, 0.1) is 5.92 Å². The summed E-state index contributed by atoms with van der Waals surface area (Å²) in [6.07, 6.45) is 3.39. The van der Waals surface area contributed by atoms with E-state index in [4.69, 9.17) is 5.84 Å². The fourth-order valence-electron chi connectivity index (χ4n) is 1.44. The number of aliphatic imine (C=N–C) groups is 1. The van der Waals surface area contributed by atoms with Crippen LogP contribution in [0.15, 0.2) is 4.99 Å². The van der Waals surface area contributed by atoms with Crippen LogP contribution in [-0.2, 0) is 0 Å². The van der Waals surface area contributed by atoms with Gasteiger partial charge in [0.1, 0.15) is 6.67 Å². The van der Waals surface area contributed by atoms with E-state index in [1.54, 1.807) is 0 Å². The molecule has 90 valence electrons. The number of nitrogens with zero attached hydrogens (tertiary/aromatic N) is 2. The Labute approximate surface area is 94.7 Å². The zero-order chi connectivity index (χ0) is 11.8. The Morgan fingerprint density at radius 2 is 1.93 bits per heavy atom. The highest BCUT2D eigenvalue weighted by Gasteiger charge is 2.15. The lowest BCUT2D eigenvalue weighted by Crippen LogP contribution is -2.43. The maximum atomic E-state index is 5.96. The van der Waals surface area contributed by atoms with Gasteiger partial charge in [0.15, 0.2) is 0 Å². The van der Waals surface area contributed by atoms with E-state index in [1.807, 2.05) is 5.01 Å². The summed E-state index contributed by atoms with van der Waals surface area (Å²) in [5, 5.41) is 1.84. The van der Waals surface area contributed by atoms with E-state index >= 15 is 0 Å². The second kappa shape index (κ2) is 7.83. The van der Waals surface area contributed by atoms with Crippen LogP contribution in [0.3, 0.4) is 0 Å². The van der Waals surface area contributed by atoms with Crippen molar-refractivity contribution >= 4 is 5.71 Å². The molecule has 0 radical (unpaired) electrons. The maximum Gasteiger partial charge on any atom is 0.104 e. The molecular weight excluding hydrogens is 186 g/mol. The number of nitrogens with two attached hydrogens (primary N) is 1. The first-order valence-corrected chi connectivity index (χ1v) is 6.04. The van der Waals surface area contributed by atoms with Crippen LogP contribution in [-0.4, -0.2) is 23.4 Å². The zero-order valence-electron chi connectivity index (χ0n) is 11.0. The summed E-state index contributed by atoms with van der Waals surface area (Å²) in [6.45, 7) is 11.5. The van der Waals surface area contributed by atoms with Gasteiger partial charge in [-0.15, -0.1) is 0 Å². The van der Waals surface area contributed by atoms with E-state index in [0.29, 0.717) is 18.6 Å². The van der Waals surface area contributed by atoms with Gasteiger partial charge in [-0.1, -0.05) is 33.6 Å². The van der Waals surface area contributed by atoms with Crippen molar-refractivity contribution in [3.05, 3.63) is 0 Å². The molecule has 15 heavy (non-hydrogen) atoms. The van der Waals surface area contributed by atoms with Crippen LogP contribution in [0.4, 0.5) is 0 Å². The summed E-state index contributed by atoms with van der Waals surface area (Å²) in [7, 11) is 0. The molecule has 0 rings (SSSR count). The quantitative estimate of drug-likeness (QED) is 0.401. The normalized spacial score (nSPS) is 16.9. The molecule has 0 heterocycles. The van der Waals surface area contributed by atoms with Gasteiger partial charge in [-0.3, -0.25) is 10.8 Å². The Kier molecular flexibility index (Phi) is 7.61. The third-order valence-corrected chi connectivity index (χ3v) is 3.11. The van der Waals surface area contributed by atoms with Gasteiger partial charge >= 0.3 is 0 Å². The highest BCUT2D eigenvalue weighted by molar-refractivity contribution is 5.81. The Morgan fingerprint density at radius 3 is 2.40 bits per heavy atom. The lowest BCUT2D eigenvalue weighted by molar-refractivity contribution is 0.166. The average Bonchev–Trinajstić information content (AvgIpc) is 2.24. The molecule has 2 N–H and O–H groups in total. The van der Waals surface area contributed by atoms with E-state index in [0.717, 1.165) is 19.3 Å². The summed E-state index contributed by atoms with van der Waals surface area (Å²) in [4.78, 5) is 4.47. The van der Waals surface area contributed by atoms with Crippen molar-refractivity contribution in [2.75, 3.05) is 6.67 Å². The fourth-order valence-corrected chi connectivity index (χ4v) is 1.44. The third-order valence-electron chi connectivity index (χ3n) is 3.11. The summed E-state index contributed by atoms with van der Waals surface area (Å²) in [5.74, 6) is 6.59. The van der Waals surface area contributed by atoms with Crippen molar-refractivity contribution < 1.29 is 0 Å². The van der Waals surface area contributed by atoms with E-state index in [2.05, 4.69) is 39.6 Å². The molecule has 2 unspecified atom stereocenters. The highest BCUT2D eigenvalue weighted by Crippen LogP contribution is 2.11. The summed E-state index contributed by atoms with van der Waals surface area (Å²) >= 11 is 0. The van der Waals surface area contributed by atoms with Gasteiger partial charge in [0, 0.05) is 11.8 Å². The molecular formula is C12H27N3. The van der Waals surface area contributed by atoms with Gasteiger partial charge in [-0.05, 0) is 26.2 Å². The van der Waals surface area contributed by atoms with Gasteiger partial charge in [-0.2, -0.15) is 0 Å². The number of hydrazine groups is 1. The van der Waals surface area contributed by atoms with Crippen LogP contribution in [0.25, 0.3) is 0 Å². The number of rotatable bonds is 7. The van der Waals surface area contributed by atoms with Crippen LogP contribution in [0.5, 0.6) is 0 Å². The van der Waals surface area contributed by atoms with Gasteiger partial charge in [0.2, 0.25) is 0 Å². The monoisotopic (exact) mass is 213 g/mol. The smallest absolute Gasteiger partial charge is 0.104 e. The first-order chi connectivity index (χ1) is 7.02. The largest absolute Gasteiger partial charge is 0.278 e. The van der Waals surface area contributed by atoms with Crippen molar-refractivity contribution in [2.24, 2.45) is 16.8 Å². The Morgan fingerprint density at radius 1 is 1.33 bits per heavy atom. The zero-order valence-corrected chi connectivity index (χ0v) is 11.0. The van der Waals surface area contributed by atoms with Gasteiger partial charge in [0.05, 0.1) is 0 Å². The second-order valence-corrected chi connectivity index (χ2v) is 4.43. The summed E-state index contributed by atoms with van der Waals surface area (Å²) in [6, 6.07) is 0.396. The molecule has 0 aliphatic rings. The molecule has 0 aliphatic carbocycles. The molecule has 0 aromatic carbocycles. The Bertz CT molecular complexity index is 189. The molecule has 0 saturated carbocycles. The average molecular weight is 213 g/mol. The molecule has 2 atom stereocenters. The van der Waals surface area contributed by atoms with Gasteiger partial charge in [-0.25, -0.2) is 5.01 Å². The molecule has 0 amide bonds. The molecule has 3 nitrogen and oxygen atoms in total. The molecule has 3 heteroatoms. The Balaban J connectivity index is 4.01. The van der Waals surface area contributed by atoms with Crippen molar-refractivity contribution in [2.45, 2.75) is 59.9 Å². The first-order valence-electron chi connectivity index (χ1n) is 6.04. The predicted molar refractivity (Wildman–Crippen MR) is 67.8 cm³/mol. The van der Waals surface area contributed by atoms with Crippen molar-refractivity contribution in [3.63, 3.8) is 0 Å². The van der Waals surface area contributed by atoms with Gasteiger partial charge in [0.25, 0.3) is 0 Å². The minimum absolute atomic E-state index is 0.396. The van der Waals surface area contributed by atoms with E-state index in [-0.39, 0.29) is 0 Å². The summed E-state index contributed by atoms with van der Waals surface area (Å²) in [5.41, 5.74) is 1.20. The maximum absolute atomic E-state index is 5.96. The third kappa shape index (κ3) is 5.90. The van der Waals surface area contributed by atoms with Crippen molar-refractivity contribution in [3.8, 4) is 0 Å². The van der Waals surface area contributed by atoms with Crippen LogP contribution in [0.1, 0.15) is 53.9 Å². The molecule has 0 aliphatic heterocycles. The second-order valence-electron chi connectivity index (χ2n) is 4.43. The highest BCUT2D eigenvalue weighted by atomic mass is 15.4. The van der Waals surface area contributed by atoms with Gasteiger partial charge < -0.3 is 0 Å². The van der Waals surface area contributed by atoms with Crippen LogP contribution < -0.4 is 5.84 Å². The standard InChI is InChI=1S/C12H27N3/c1-6-8-11(4)14-9-15(13)12(5)10(3)7-2/h10,12H,6-9,13H2,1-5H3. The number of hydrogen-bond donors (Lipinski definition) is 1. The van der Waals surface area contributed by atoms with Crippen molar-refractivity contribution in [1.29, 1.82) is 0 Å². The molecule has 0 aromatic heterocycles. The molecule has 0 spiro atoms. The van der Waals surface area contributed by atoms with Crippen molar-refractivity contribution in [1.82, 2.24) is 5.01 Å².